The summed E-state index contributed by atoms with van der Waals surface area (Å²) in [5.41, 5.74) is 1.17. The van der Waals surface area contributed by atoms with Gasteiger partial charge in [0.1, 0.15) is 16.4 Å². The molecule has 3 aromatic rings. The fraction of sp³-hybridized carbons (Fsp3) is 0.190. The monoisotopic (exact) mass is 440 g/mol. The lowest BCUT2D eigenvalue weighted by Crippen LogP contribution is -2.16. The molecule has 2 heterocycles. The molecule has 0 fully saturated rings. The normalized spacial score (nSPS) is 10.3. The Bertz CT molecular complexity index is 1100. The molecule has 9 nitrogen and oxygen atoms in total. The van der Waals surface area contributed by atoms with Crippen LogP contribution in [0.5, 0.6) is 5.75 Å². The third kappa shape index (κ3) is 5.04. The van der Waals surface area contributed by atoms with Gasteiger partial charge in [0.25, 0.3) is 11.8 Å². The summed E-state index contributed by atoms with van der Waals surface area (Å²) >= 11 is 0.981. The number of hydrogen-bond acceptors (Lipinski definition) is 8. The number of carbonyl (C=O) groups excluding carboxylic acids is 3. The van der Waals surface area contributed by atoms with E-state index in [1.54, 1.807) is 45.2 Å². The van der Waals surface area contributed by atoms with Gasteiger partial charge in [-0.25, -0.2) is 9.78 Å². The minimum Gasteiger partial charge on any atom is -0.497 e. The molecule has 0 aliphatic carbocycles. The van der Waals surface area contributed by atoms with E-state index in [4.69, 9.17) is 9.47 Å². The molecule has 0 unspecified atom stereocenters. The van der Waals surface area contributed by atoms with Crippen molar-refractivity contribution in [2.24, 2.45) is 0 Å². The van der Waals surface area contributed by atoms with Crippen molar-refractivity contribution in [3.05, 3.63) is 64.6 Å². The zero-order valence-corrected chi connectivity index (χ0v) is 17.9. The molecule has 0 spiro atoms. The zero-order valence-electron chi connectivity index (χ0n) is 17.1. The molecular weight excluding hydrogens is 420 g/mol. The molecule has 0 saturated carbocycles. The minimum absolute atomic E-state index is 0.0765. The predicted octanol–water partition coefficient (Wildman–Crippen LogP) is 3.54. The van der Waals surface area contributed by atoms with Crippen LogP contribution >= 0.6 is 11.3 Å². The van der Waals surface area contributed by atoms with Crippen molar-refractivity contribution in [3.8, 4) is 5.75 Å². The summed E-state index contributed by atoms with van der Waals surface area (Å²) in [6.45, 7) is 3.46. The highest BCUT2D eigenvalue weighted by atomic mass is 32.1. The first kappa shape index (κ1) is 21.9. The first-order chi connectivity index (χ1) is 14.9. The SMILES string of the molecule is CCOC(=O)c1c(NC(=O)c2cnccn2)sc(C(=O)Nc2ccc(OC)cc2)c1C. The Morgan fingerprint density at radius 1 is 1.06 bits per heavy atom. The topological polar surface area (TPSA) is 120 Å². The number of nitrogens with one attached hydrogen (secondary N) is 2. The van der Waals surface area contributed by atoms with E-state index in [1.165, 1.54) is 18.6 Å². The average molecular weight is 440 g/mol. The lowest BCUT2D eigenvalue weighted by molar-refractivity contribution is 0.0527. The van der Waals surface area contributed by atoms with Crippen LogP contribution in [0.2, 0.25) is 0 Å². The predicted molar refractivity (Wildman–Crippen MR) is 116 cm³/mol. The third-order valence-corrected chi connectivity index (χ3v) is 5.41. The molecule has 2 N–H and O–H groups in total. The summed E-state index contributed by atoms with van der Waals surface area (Å²) in [4.78, 5) is 46.0. The van der Waals surface area contributed by atoms with Crippen molar-refractivity contribution in [2.75, 3.05) is 24.4 Å². The number of ether oxygens (including phenoxy) is 2. The first-order valence-corrected chi connectivity index (χ1v) is 10.1. The number of benzene rings is 1. The Kier molecular flexibility index (Phi) is 6.93. The Balaban J connectivity index is 1.91. The van der Waals surface area contributed by atoms with Gasteiger partial charge in [-0.3, -0.25) is 14.6 Å². The minimum atomic E-state index is -0.630. The highest BCUT2D eigenvalue weighted by molar-refractivity contribution is 7.19. The van der Waals surface area contributed by atoms with E-state index in [-0.39, 0.29) is 27.7 Å². The van der Waals surface area contributed by atoms with Crippen molar-refractivity contribution < 1.29 is 23.9 Å². The maximum Gasteiger partial charge on any atom is 0.341 e. The van der Waals surface area contributed by atoms with Crippen LogP contribution in [-0.2, 0) is 4.74 Å². The number of esters is 1. The van der Waals surface area contributed by atoms with E-state index in [2.05, 4.69) is 20.6 Å². The van der Waals surface area contributed by atoms with Gasteiger partial charge >= 0.3 is 5.97 Å². The Morgan fingerprint density at radius 3 is 2.42 bits per heavy atom. The summed E-state index contributed by atoms with van der Waals surface area (Å²) in [6.07, 6.45) is 4.13. The molecule has 160 valence electrons. The number of amides is 2. The highest BCUT2D eigenvalue weighted by Gasteiger charge is 2.27. The van der Waals surface area contributed by atoms with E-state index in [0.717, 1.165) is 11.3 Å². The molecule has 0 aliphatic heterocycles. The molecule has 0 aliphatic rings. The molecule has 10 heteroatoms. The van der Waals surface area contributed by atoms with Crippen LogP contribution in [0.25, 0.3) is 0 Å². The Labute approximate surface area is 182 Å². The Hall–Kier alpha value is -3.79. The molecule has 0 atom stereocenters. The van der Waals surface area contributed by atoms with E-state index < -0.39 is 17.8 Å². The van der Waals surface area contributed by atoms with Crippen LogP contribution in [0.1, 0.15) is 43.0 Å². The van der Waals surface area contributed by atoms with Gasteiger partial charge in [0.05, 0.1) is 30.4 Å². The van der Waals surface area contributed by atoms with Gasteiger partial charge < -0.3 is 20.1 Å². The van der Waals surface area contributed by atoms with E-state index >= 15 is 0 Å². The number of methoxy groups -OCH3 is 1. The summed E-state index contributed by atoms with van der Waals surface area (Å²) in [5, 5.41) is 5.62. The van der Waals surface area contributed by atoms with E-state index in [0.29, 0.717) is 17.0 Å². The molecular formula is C21H20N4O5S. The van der Waals surface area contributed by atoms with Crippen LogP contribution < -0.4 is 15.4 Å². The molecule has 31 heavy (non-hydrogen) atoms. The van der Waals surface area contributed by atoms with Crippen LogP contribution in [0.3, 0.4) is 0 Å². The summed E-state index contributed by atoms with van der Waals surface area (Å²) in [7, 11) is 1.55. The maximum atomic E-state index is 12.9. The van der Waals surface area contributed by atoms with Gasteiger partial charge in [-0.05, 0) is 43.7 Å². The zero-order chi connectivity index (χ0) is 22.4. The van der Waals surface area contributed by atoms with Gasteiger partial charge in [0.15, 0.2) is 0 Å². The van der Waals surface area contributed by atoms with Crippen molar-refractivity contribution in [2.45, 2.75) is 13.8 Å². The molecule has 1 aromatic carbocycles. The lowest BCUT2D eigenvalue weighted by atomic mass is 10.1. The van der Waals surface area contributed by atoms with Crippen LogP contribution in [0, 0.1) is 6.92 Å². The number of carbonyl (C=O) groups is 3. The molecule has 3 rings (SSSR count). The molecule has 0 radical (unpaired) electrons. The second-order valence-electron chi connectivity index (χ2n) is 6.21. The summed E-state index contributed by atoms with van der Waals surface area (Å²) in [5.74, 6) is -0.946. The summed E-state index contributed by atoms with van der Waals surface area (Å²) < 4.78 is 10.2. The van der Waals surface area contributed by atoms with E-state index in [9.17, 15) is 14.4 Å². The number of rotatable bonds is 7. The number of nitrogens with zero attached hydrogens (tertiary/aromatic N) is 2. The summed E-state index contributed by atoms with van der Waals surface area (Å²) in [6, 6.07) is 6.83. The molecule has 0 bridgehead atoms. The van der Waals surface area contributed by atoms with Gasteiger partial charge in [-0.1, -0.05) is 0 Å². The third-order valence-electron chi connectivity index (χ3n) is 4.20. The van der Waals surface area contributed by atoms with Crippen molar-refractivity contribution in [1.29, 1.82) is 0 Å². The van der Waals surface area contributed by atoms with Crippen LogP contribution in [0.4, 0.5) is 10.7 Å². The van der Waals surface area contributed by atoms with Gasteiger partial charge in [-0.2, -0.15) is 0 Å². The first-order valence-electron chi connectivity index (χ1n) is 9.27. The van der Waals surface area contributed by atoms with Gasteiger partial charge in [0.2, 0.25) is 0 Å². The Morgan fingerprint density at radius 2 is 1.81 bits per heavy atom. The van der Waals surface area contributed by atoms with Crippen LogP contribution in [0.15, 0.2) is 42.9 Å². The smallest absolute Gasteiger partial charge is 0.341 e. The second-order valence-corrected chi connectivity index (χ2v) is 7.23. The van der Waals surface area contributed by atoms with Crippen LogP contribution in [-0.4, -0.2) is 41.5 Å². The molecule has 2 aromatic heterocycles. The average Bonchev–Trinajstić information content (AvgIpc) is 3.10. The van der Waals surface area contributed by atoms with Gasteiger partial charge in [0, 0.05) is 18.1 Å². The molecule has 2 amide bonds. The second kappa shape index (κ2) is 9.81. The van der Waals surface area contributed by atoms with Crippen molar-refractivity contribution >= 4 is 39.8 Å². The van der Waals surface area contributed by atoms with E-state index in [1.807, 2.05) is 0 Å². The van der Waals surface area contributed by atoms with Crippen molar-refractivity contribution in [1.82, 2.24) is 9.97 Å². The van der Waals surface area contributed by atoms with Gasteiger partial charge in [-0.15, -0.1) is 11.3 Å². The quantitative estimate of drug-likeness (QED) is 0.539. The number of thiophene rings is 1. The number of anilines is 2. The fourth-order valence-corrected chi connectivity index (χ4v) is 3.80. The standard InChI is InChI=1S/C21H20N4O5S/c1-4-30-21(28)16-12(2)17(19(27)24-13-5-7-14(29-3)8-6-13)31-20(16)25-18(26)15-11-22-9-10-23-15/h5-11H,4H2,1-3H3,(H,24,27)(H,25,26). The molecule has 0 saturated heterocycles. The highest BCUT2D eigenvalue weighted by Crippen LogP contribution is 2.34. The number of hydrogen-bond donors (Lipinski definition) is 2. The number of aromatic nitrogens is 2. The lowest BCUT2D eigenvalue weighted by Gasteiger charge is -2.07. The maximum absolute atomic E-state index is 12.9. The largest absolute Gasteiger partial charge is 0.497 e. The van der Waals surface area contributed by atoms with Crippen molar-refractivity contribution in [3.63, 3.8) is 0 Å². The fourth-order valence-electron chi connectivity index (χ4n) is 2.71.